The summed E-state index contributed by atoms with van der Waals surface area (Å²) in [6.07, 6.45) is 2.00. The summed E-state index contributed by atoms with van der Waals surface area (Å²) in [4.78, 5) is 0. The molecule has 0 aliphatic heterocycles. The molecule has 0 aliphatic rings. The third kappa shape index (κ3) is 1.78. The van der Waals surface area contributed by atoms with Crippen molar-refractivity contribution >= 4 is 5.82 Å². The van der Waals surface area contributed by atoms with Crippen LogP contribution in [0.2, 0.25) is 0 Å². The monoisotopic (exact) mass is 167 g/mol. The Morgan fingerprint density at radius 1 is 1.50 bits per heavy atom. The van der Waals surface area contributed by atoms with Gasteiger partial charge in [0, 0.05) is 11.3 Å². The molecule has 0 atom stereocenters. The number of hydrogen-bond donors (Lipinski definition) is 2. The fourth-order valence-electron chi connectivity index (χ4n) is 1.35. The van der Waals surface area contributed by atoms with Crippen LogP contribution in [0.15, 0.2) is 0 Å². The fourth-order valence-corrected chi connectivity index (χ4v) is 1.35. The lowest BCUT2D eigenvalue weighted by Gasteiger charge is -2.04. The highest BCUT2D eigenvalue weighted by atomic mass is 15.2. The van der Waals surface area contributed by atoms with Crippen molar-refractivity contribution in [2.24, 2.45) is 5.92 Å². The summed E-state index contributed by atoms with van der Waals surface area (Å²) < 4.78 is 0. The first-order chi connectivity index (χ1) is 5.65. The van der Waals surface area contributed by atoms with E-state index in [4.69, 9.17) is 5.73 Å². The predicted molar refractivity (Wildman–Crippen MR) is 50.9 cm³/mol. The molecule has 0 aliphatic carbocycles. The lowest BCUT2D eigenvalue weighted by atomic mass is 10.0. The summed E-state index contributed by atoms with van der Waals surface area (Å²) in [5, 5.41) is 6.95. The fraction of sp³-hybridized carbons (Fsp3) is 0.667. The lowest BCUT2D eigenvalue weighted by molar-refractivity contribution is 0.644. The lowest BCUT2D eigenvalue weighted by Crippen LogP contribution is -2.00. The number of hydrogen-bond acceptors (Lipinski definition) is 2. The van der Waals surface area contributed by atoms with Crippen LogP contribution >= 0.6 is 0 Å². The Hall–Kier alpha value is -0.990. The highest BCUT2D eigenvalue weighted by molar-refractivity contribution is 5.42. The third-order valence-electron chi connectivity index (χ3n) is 1.95. The Balaban J connectivity index is 2.86. The van der Waals surface area contributed by atoms with Gasteiger partial charge in [-0.3, -0.25) is 5.10 Å². The molecular formula is C9H17N3. The SMILES string of the molecule is CCc1[nH]nc(N)c1CC(C)C. The minimum atomic E-state index is 0.634. The van der Waals surface area contributed by atoms with E-state index in [0.29, 0.717) is 11.7 Å². The van der Waals surface area contributed by atoms with Crippen molar-refractivity contribution in [1.29, 1.82) is 0 Å². The van der Waals surface area contributed by atoms with Gasteiger partial charge in [-0.15, -0.1) is 0 Å². The highest BCUT2D eigenvalue weighted by Crippen LogP contribution is 2.17. The van der Waals surface area contributed by atoms with Crippen molar-refractivity contribution in [3.8, 4) is 0 Å². The minimum Gasteiger partial charge on any atom is -0.382 e. The van der Waals surface area contributed by atoms with Crippen molar-refractivity contribution in [2.45, 2.75) is 33.6 Å². The van der Waals surface area contributed by atoms with Crippen LogP contribution < -0.4 is 5.73 Å². The van der Waals surface area contributed by atoms with Crippen molar-refractivity contribution in [2.75, 3.05) is 5.73 Å². The maximum absolute atomic E-state index is 5.72. The van der Waals surface area contributed by atoms with E-state index in [0.717, 1.165) is 12.8 Å². The van der Waals surface area contributed by atoms with Crippen molar-refractivity contribution in [3.63, 3.8) is 0 Å². The topological polar surface area (TPSA) is 54.7 Å². The number of H-pyrrole nitrogens is 1. The van der Waals surface area contributed by atoms with Crippen LogP contribution in [0.4, 0.5) is 5.82 Å². The van der Waals surface area contributed by atoms with Crippen molar-refractivity contribution in [1.82, 2.24) is 10.2 Å². The maximum Gasteiger partial charge on any atom is 0.148 e. The normalized spacial score (nSPS) is 11.0. The number of nitrogens with one attached hydrogen (secondary N) is 1. The van der Waals surface area contributed by atoms with E-state index in [1.165, 1.54) is 11.3 Å². The van der Waals surface area contributed by atoms with Crippen molar-refractivity contribution in [3.05, 3.63) is 11.3 Å². The Morgan fingerprint density at radius 2 is 2.17 bits per heavy atom. The summed E-state index contributed by atoms with van der Waals surface area (Å²) in [6, 6.07) is 0. The van der Waals surface area contributed by atoms with Gasteiger partial charge in [0.15, 0.2) is 0 Å². The largest absolute Gasteiger partial charge is 0.382 e. The molecule has 0 unspecified atom stereocenters. The zero-order chi connectivity index (χ0) is 9.14. The van der Waals surface area contributed by atoms with Gasteiger partial charge in [0.1, 0.15) is 5.82 Å². The smallest absolute Gasteiger partial charge is 0.148 e. The number of anilines is 1. The summed E-state index contributed by atoms with van der Waals surface area (Å²) in [5.74, 6) is 1.30. The second-order valence-corrected chi connectivity index (χ2v) is 3.52. The molecule has 3 nitrogen and oxygen atoms in total. The highest BCUT2D eigenvalue weighted by Gasteiger charge is 2.09. The number of nitrogen functional groups attached to an aromatic ring is 1. The molecule has 0 saturated carbocycles. The van der Waals surface area contributed by atoms with Gasteiger partial charge in [0.2, 0.25) is 0 Å². The van der Waals surface area contributed by atoms with Crippen LogP contribution in [0.25, 0.3) is 0 Å². The molecule has 0 fully saturated rings. The van der Waals surface area contributed by atoms with Crippen LogP contribution in [0.3, 0.4) is 0 Å². The van der Waals surface area contributed by atoms with Gasteiger partial charge in [-0.05, 0) is 18.8 Å². The zero-order valence-corrected chi connectivity index (χ0v) is 8.02. The van der Waals surface area contributed by atoms with E-state index >= 15 is 0 Å². The van der Waals surface area contributed by atoms with E-state index in [9.17, 15) is 0 Å². The minimum absolute atomic E-state index is 0.634. The molecule has 1 aromatic heterocycles. The number of nitrogens with two attached hydrogens (primary N) is 1. The maximum atomic E-state index is 5.72. The average Bonchev–Trinajstić information content (AvgIpc) is 2.32. The van der Waals surface area contributed by atoms with Crippen LogP contribution in [0, 0.1) is 5.92 Å². The summed E-state index contributed by atoms with van der Waals surface area (Å²) in [7, 11) is 0. The first-order valence-corrected chi connectivity index (χ1v) is 4.46. The average molecular weight is 167 g/mol. The Morgan fingerprint density at radius 3 is 2.67 bits per heavy atom. The van der Waals surface area contributed by atoms with Gasteiger partial charge >= 0.3 is 0 Å². The van der Waals surface area contributed by atoms with Crippen molar-refractivity contribution < 1.29 is 0 Å². The molecule has 1 aromatic rings. The molecule has 0 radical (unpaired) electrons. The number of aromatic nitrogens is 2. The Labute approximate surface area is 73.4 Å². The first kappa shape index (κ1) is 9.10. The standard InChI is InChI=1S/C9H17N3/c1-4-8-7(5-6(2)3)9(10)12-11-8/h6H,4-5H2,1-3H3,(H3,10,11,12). The van der Waals surface area contributed by atoms with Gasteiger partial charge in [-0.1, -0.05) is 20.8 Å². The molecule has 12 heavy (non-hydrogen) atoms. The molecule has 0 saturated heterocycles. The van der Waals surface area contributed by atoms with E-state index < -0.39 is 0 Å². The zero-order valence-electron chi connectivity index (χ0n) is 8.02. The first-order valence-electron chi connectivity index (χ1n) is 4.46. The summed E-state index contributed by atoms with van der Waals surface area (Å²) in [5.41, 5.74) is 8.11. The Kier molecular flexibility index (Phi) is 2.74. The van der Waals surface area contributed by atoms with Gasteiger partial charge in [-0.25, -0.2) is 0 Å². The summed E-state index contributed by atoms with van der Waals surface area (Å²) >= 11 is 0. The second-order valence-electron chi connectivity index (χ2n) is 3.52. The number of aryl methyl sites for hydroxylation is 1. The molecule has 68 valence electrons. The summed E-state index contributed by atoms with van der Waals surface area (Å²) in [6.45, 7) is 6.48. The number of rotatable bonds is 3. The van der Waals surface area contributed by atoms with Gasteiger partial charge in [0.05, 0.1) is 0 Å². The molecular weight excluding hydrogens is 150 g/mol. The molecule has 0 aromatic carbocycles. The number of nitrogens with zero attached hydrogens (tertiary/aromatic N) is 1. The second kappa shape index (κ2) is 3.61. The quantitative estimate of drug-likeness (QED) is 0.720. The van der Waals surface area contributed by atoms with Gasteiger partial charge in [-0.2, -0.15) is 5.10 Å². The van der Waals surface area contributed by atoms with Crippen LogP contribution in [0.5, 0.6) is 0 Å². The van der Waals surface area contributed by atoms with E-state index in [1.807, 2.05) is 0 Å². The predicted octanol–water partition coefficient (Wildman–Crippen LogP) is 1.75. The molecule has 0 spiro atoms. The van der Waals surface area contributed by atoms with E-state index in [1.54, 1.807) is 0 Å². The Bertz CT molecular complexity index is 250. The van der Waals surface area contributed by atoms with E-state index in [-0.39, 0.29) is 0 Å². The molecule has 0 bridgehead atoms. The molecule has 3 heteroatoms. The van der Waals surface area contributed by atoms with Crippen LogP contribution in [0.1, 0.15) is 32.0 Å². The third-order valence-corrected chi connectivity index (χ3v) is 1.95. The van der Waals surface area contributed by atoms with Crippen LogP contribution in [-0.4, -0.2) is 10.2 Å². The van der Waals surface area contributed by atoms with Crippen LogP contribution in [-0.2, 0) is 12.8 Å². The molecule has 3 N–H and O–H groups in total. The van der Waals surface area contributed by atoms with Gasteiger partial charge in [0.25, 0.3) is 0 Å². The molecule has 0 amide bonds. The molecule has 1 rings (SSSR count). The number of aromatic amines is 1. The van der Waals surface area contributed by atoms with Gasteiger partial charge < -0.3 is 5.73 Å². The van der Waals surface area contributed by atoms with E-state index in [2.05, 4.69) is 31.0 Å². The molecule has 1 heterocycles.